The first-order valence-corrected chi connectivity index (χ1v) is 11.8. The maximum absolute atomic E-state index is 12.7. The number of benzene rings is 1. The van der Waals surface area contributed by atoms with Crippen molar-refractivity contribution in [3.05, 3.63) is 51.6 Å². The van der Waals surface area contributed by atoms with Gasteiger partial charge in [0.25, 0.3) is 5.56 Å². The number of amides is 1. The van der Waals surface area contributed by atoms with Gasteiger partial charge in [-0.1, -0.05) is 64.1 Å². The van der Waals surface area contributed by atoms with Crippen molar-refractivity contribution in [3.63, 3.8) is 0 Å². The predicted molar refractivity (Wildman–Crippen MR) is 128 cm³/mol. The van der Waals surface area contributed by atoms with Crippen LogP contribution in [-0.4, -0.2) is 48.9 Å². The molecule has 1 N–H and O–H groups in total. The highest BCUT2D eigenvalue weighted by Gasteiger charge is 2.26. The Morgan fingerprint density at radius 1 is 1.15 bits per heavy atom. The number of likely N-dealkylation sites (tertiary alicyclic amines) is 1. The van der Waals surface area contributed by atoms with Crippen molar-refractivity contribution >= 4 is 17.1 Å². The van der Waals surface area contributed by atoms with Crippen LogP contribution in [0.2, 0.25) is 0 Å². The molecule has 1 fully saturated rings. The van der Waals surface area contributed by atoms with Crippen LogP contribution >= 0.6 is 0 Å². The molecule has 0 radical (unpaired) electrons. The lowest BCUT2D eigenvalue weighted by atomic mass is 9.87. The Kier molecular flexibility index (Phi) is 6.36. The van der Waals surface area contributed by atoms with Gasteiger partial charge in [0.2, 0.25) is 5.91 Å². The van der Waals surface area contributed by atoms with E-state index in [-0.39, 0.29) is 28.3 Å². The summed E-state index contributed by atoms with van der Waals surface area (Å²) < 4.78 is 1.70. The zero-order chi connectivity index (χ0) is 23.8. The molecule has 0 atom stereocenters. The van der Waals surface area contributed by atoms with Crippen molar-refractivity contribution in [3.8, 4) is 0 Å². The van der Waals surface area contributed by atoms with Crippen molar-refractivity contribution < 1.29 is 4.79 Å². The molecule has 0 spiro atoms. The molecule has 3 aromatic rings. The minimum atomic E-state index is -0.261. The van der Waals surface area contributed by atoms with E-state index in [9.17, 15) is 9.59 Å². The van der Waals surface area contributed by atoms with Gasteiger partial charge in [-0.3, -0.25) is 9.59 Å². The van der Waals surface area contributed by atoms with Gasteiger partial charge in [-0.05, 0) is 35.3 Å². The average Bonchev–Trinajstić information content (AvgIpc) is 3.16. The van der Waals surface area contributed by atoms with E-state index in [0.29, 0.717) is 43.4 Å². The van der Waals surface area contributed by atoms with Gasteiger partial charge in [0, 0.05) is 25.4 Å². The summed E-state index contributed by atoms with van der Waals surface area (Å²) in [6.07, 6.45) is 2.15. The van der Waals surface area contributed by atoms with E-state index in [2.05, 4.69) is 74.2 Å². The number of aromatic nitrogens is 5. The third-order valence-electron chi connectivity index (χ3n) is 6.36. The molecule has 1 aromatic carbocycles. The number of H-pyrrole nitrogens is 1. The topological polar surface area (TPSA) is 96.8 Å². The Morgan fingerprint density at radius 3 is 2.42 bits per heavy atom. The first kappa shape index (κ1) is 23.1. The van der Waals surface area contributed by atoms with Crippen molar-refractivity contribution in [1.29, 1.82) is 0 Å². The van der Waals surface area contributed by atoms with Gasteiger partial charge in [0.05, 0.1) is 6.54 Å². The van der Waals surface area contributed by atoms with Crippen LogP contribution < -0.4 is 5.56 Å². The first-order valence-electron chi connectivity index (χ1n) is 11.8. The van der Waals surface area contributed by atoms with E-state index >= 15 is 0 Å². The summed E-state index contributed by atoms with van der Waals surface area (Å²) in [5.74, 6) is 1.34. The van der Waals surface area contributed by atoms with E-state index < -0.39 is 0 Å². The van der Waals surface area contributed by atoms with Gasteiger partial charge in [0.15, 0.2) is 11.2 Å². The van der Waals surface area contributed by atoms with Crippen LogP contribution in [0.15, 0.2) is 29.1 Å². The highest BCUT2D eigenvalue weighted by Crippen LogP contribution is 2.27. The van der Waals surface area contributed by atoms with Gasteiger partial charge in [-0.15, -0.1) is 5.10 Å². The summed E-state index contributed by atoms with van der Waals surface area (Å²) in [6, 6.07) is 8.45. The standard InChI is InChI=1S/C25H34N6O2/c1-16(2)14-20(32)30-12-10-18(11-13-30)22-26-23-21(24(33)27-22)28-29-31(23)15-17-6-8-19(9-7-17)25(3,4)5/h6-9,16,18H,10-15H2,1-5H3,(H,26,27,33). The van der Waals surface area contributed by atoms with Crippen LogP contribution in [0.3, 0.4) is 0 Å². The molecule has 1 aliphatic heterocycles. The largest absolute Gasteiger partial charge is 0.343 e. The molecule has 2 aromatic heterocycles. The molecule has 1 amide bonds. The molecule has 0 bridgehead atoms. The number of nitrogens with one attached hydrogen (secondary N) is 1. The van der Waals surface area contributed by atoms with Crippen LogP contribution in [0.5, 0.6) is 0 Å². The lowest BCUT2D eigenvalue weighted by Gasteiger charge is -2.32. The molecule has 8 nitrogen and oxygen atoms in total. The fourth-order valence-electron chi connectivity index (χ4n) is 4.35. The molecular weight excluding hydrogens is 416 g/mol. The molecule has 0 saturated carbocycles. The van der Waals surface area contributed by atoms with E-state index in [1.54, 1.807) is 4.68 Å². The molecule has 4 rings (SSSR count). The van der Waals surface area contributed by atoms with Gasteiger partial charge in [0.1, 0.15) is 5.82 Å². The second-order valence-corrected chi connectivity index (χ2v) is 10.6. The molecule has 3 heterocycles. The summed E-state index contributed by atoms with van der Waals surface area (Å²) >= 11 is 0. The number of aromatic amines is 1. The summed E-state index contributed by atoms with van der Waals surface area (Å²) in [6.45, 7) is 12.6. The molecule has 1 aliphatic rings. The summed E-state index contributed by atoms with van der Waals surface area (Å²) in [4.78, 5) is 34.7. The zero-order valence-corrected chi connectivity index (χ0v) is 20.3. The van der Waals surface area contributed by atoms with E-state index in [1.165, 1.54) is 5.56 Å². The molecule has 8 heteroatoms. The quantitative estimate of drug-likeness (QED) is 0.640. The minimum absolute atomic E-state index is 0.0945. The molecular formula is C25H34N6O2. The fourth-order valence-corrected chi connectivity index (χ4v) is 4.35. The Labute approximate surface area is 194 Å². The normalized spacial score (nSPS) is 15.5. The second kappa shape index (κ2) is 9.08. The minimum Gasteiger partial charge on any atom is -0.343 e. The van der Waals surface area contributed by atoms with E-state index in [4.69, 9.17) is 4.98 Å². The van der Waals surface area contributed by atoms with Crippen LogP contribution in [0, 0.1) is 5.92 Å². The van der Waals surface area contributed by atoms with Gasteiger partial charge >= 0.3 is 0 Å². The number of nitrogens with zero attached hydrogens (tertiary/aromatic N) is 5. The van der Waals surface area contributed by atoms with Gasteiger partial charge in [-0.25, -0.2) is 9.67 Å². The molecule has 0 unspecified atom stereocenters. The lowest BCUT2D eigenvalue weighted by molar-refractivity contribution is -0.133. The maximum atomic E-state index is 12.7. The zero-order valence-electron chi connectivity index (χ0n) is 20.3. The van der Waals surface area contributed by atoms with Gasteiger partial charge < -0.3 is 9.88 Å². The Balaban J connectivity index is 1.52. The smallest absolute Gasteiger partial charge is 0.281 e. The molecule has 33 heavy (non-hydrogen) atoms. The average molecular weight is 451 g/mol. The number of carbonyl (C=O) groups excluding carboxylic acids is 1. The predicted octanol–water partition coefficient (Wildman–Crippen LogP) is 3.61. The van der Waals surface area contributed by atoms with E-state index in [0.717, 1.165) is 18.4 Å². The van der Waals surface area contributed by atoms with Gasteiger partial charge in [-0.2, -0.15) is 0 Å². The number of hydrogen-bond donors (Lipinski definition) is 1. The van der Waals surface area contributed by atoms with Crippen LogP contribution in [0.25, 0.3) is 11.2 Å². The lowest BCUT2D eigenvalue weighted by Crippen LogP contribution is -2.38. The van der Waals surface area contributed by atoms with Crippen LogP contribution in [-0.2, 0) is 16.8 Å². The maximum Gasteiger partial charge on any atom is 0.281 e. The number of carbonyl (C=O) groups is 1. The summed E-state index contributed by atoms with van der Waals surface area (Å²) in [7, 11) is 0. The number of hydrogen-bond acceptors (Lipinski definition) is 5. The number of rotatable bonds is 5. The summed E-state index contributed by atoms with van der Waals surface area (Å²) in [5, 5.41) is 8.28. The van der Waals surface area contributed by atoms with Crippen LogP contribution in [0.1, 0.15) is 76.8 Å². The third kappa shape index (κ3) is 5.15. The third-order valence-corrected chi connectivity index (χ3v) is 6.36. The van der Waals surface area contributed by atoms with Crippen molar-refractivity contribution in [2.24, 2.45) is 5.92 Å². The highest BCUT2D eigenvalue weighted by atomic mass is 16.2. The van der Waals surface area contributed by atoms with E-state index in [1.807, 2.05) is 4.90 Å². The Hall–Kier alpha value is -3.03. The molecule has 176 valence electrons. The van der Waals surface area contributed by atoms with Crippen molar-refractivity contribution in [1.82, 2.24) is 29.9 Å². The monoisotopic (exact) mass is 450 g/mol. The molecule has 1 saturated heterocycles. The fraction of sp³-hybridized carbons (Fsp3) is 0.560. The Bertz CT molecular complexity index is 1180. The Morgan fingerprint density at radius 2 is 1.82 bits per heavy atom. The summed E-state index contributed by atoms with van der Waals surface area (Å²) in [5.41, 5.74) is 2.95. The number of piperidine rings is 1. The first-order chi connectivity index (χ1) is 15.6. The number of fused-ring (bicyclic) bond motifs is 1. The highest BCUT2D eigenvalue weighted by molar-refractivity contribution is 5.76. The molecule has 0 aliphatic carbocycles. The van der Waals surface area contributed by atoms with Crippen molar-refractivity contribution in [2.45, 2.75) is 71.8 Å². The van der Waals surface area contributed by atoms with Crippen molar-refractivity contribution in [2.75, 3.05) is 13.1 Å². The van der Waals surface area contributed by atoms with Crippen LogP contribution in [0.4, 0.5) is 0 Å². The second-order valence-electron chi connectivity index (χ2n) is 10.6. The SMILES string of the molecule is CC(C)CC(=O)N1CCC(c2nc3c(nnn3Cc3ccc(C(C)(C)C)cc3)c(=O)[nH]2)CC1.